The van der Waals surface area contributed by atoms with Gasteiger partial charge in [-0.25, -0.2) is 0 Å². The van der Waals surface area contributed by atoms with E-state index in [4.69, 9.17) is 0 Å². The zero-order valence-electron chi connectivity index (χ0n) is 13.0. The fourth-order valence-corrected chi connectivity index (χ4v) is 3.38. The lowest BCUT2D eigenvalue weighted by Gasteiger charge is -2.40. The van der Waals surface area contributed by atoms with Gasteiger partial charge in [0, 0.05) is 6.54 Å². The minimum Gasteiger partial charge on any atom is -0.480 e. The van der Waals surface area contributed by atoms with E-state index in [0.29, 0.717) is 0 Å². The molecule has 0 saturated carbocycles. The zero-order chi connectivity index (χ0) is 15.7. The van der Waals surface area contributed by atoms with Crippen LogP contribution < -0.4 is 0 Å². The maximum atomic E-state index is 11.5. The number of carboxylic acids is 1. The number of fused-ring (bicyclic) bond motifs is 1. The molecule has 2 aromatic carbocycles. The summed E-state index contributed by atoms with van der Waals surface area (Å²) in [5, 5.41) is 9.47. The highest BCUT2D eigenvalue weighted by Crippen LogP contribution is 2.37. The smallest absolute Gasteiger partial charge is 0.320 e. The molecule has 3 nitrogen and oxygen atoms in total. The molecule has 0 spiro atoms. The number of aryl methyl sites for hydroxylation is 1. The van der Waals surface area contributed by atoms with Gasteiger partial charge in [0.2, 0.25) is 0 Å². The van der Waals surface area contributed by atoms with Crippen LogP contribution in [0.5, 0.6) is 0 Å². The number of hydrogen-bond donors (Lipinski definition) is 1. The first kappa shape index (κ1) is 14.8. The average Bonchev–Trinajstić information content (AvgIpc) is 2.53. The fraction of sp³-hybridized carbons (Fsp3) is 0.316. The van der Waals surface area contributed by atoms with E-state index >= 15 is 0 Å². The van der Waals surface area contributed by atoms with Crippen molar-refractivity contribution in [2.45, 2.75) is 32.4 Å². The molecule has 1 aliphatic rings. The van der Waals surface area contributed by atoms with E-state index in [2.05, 4.69) is 42.2 Å². The lowest BCUT2D eigenvalue weighted by atomic mass is 9.85. The summed E-state index contributed by atoms with van der Waals surface area (Å²) in [6.07, 6.45) is 0.899. The summed E-state index contributed by atoms with van der Waals surface area (Å²) in [6, 6.07) is 16.2. The van der Waals surface area contributed by atoms with E-state index in [9.17, 15) is 9.90 Å². The van der Waals surface area contributed by atoms with Gasteiger partial charge in [-0.2, -0.15) is 0 Å². The van der Waals surface area contributed by atoms with Gasteiger partial charge in [0.15, 0.2) is 0 Å². The third kappa shape index (κ3) is 2.53. The van der Waals surface area contributed by atoms with Crippen LogP contribution >= 0.6 is 0 Å². The minimum absolute atomic E-state index is 0.0113. The van der Waals surface area contributed by atoms with Crippen LogP contribution in [-0.2, 0) is 11.2 Å². The Hall–Kier alpha value is -2.13. The van der Waals surface area contributed by atoms with Crippen molar-refractivity contribution in [3.63, 3.8) is 0 Å². The van der Waals surface area contributed by atoms with Crippen molar-refractivity contribution in [3.8, 4) is 0 Å². The number of hydrogen-bond acceptors (Lipinski definition) is 2. The molecule has 0 fully saturated rings. The lowest BCUT2D eigenvalue weighted by molar-refractivity contribution is -0.143. The van der Waals surface area contributed by atoms with Crippen molar-refractivity contribution in [1.82, 2.24) is 4.90 Å². The second-order valence-corrected chi connectivity index (χ2v) is 5.96. The molecule has 114 valence electrons. The standard InChI is InChI=1S/C19H21NO2/c1-13-7-3-5-9-16(13)18-17-10-6-4-8-15(17)11-12-20(18)14(2)19(21)22/h3-10,14,18H,11-12H2,1-2H3,(H,21,22)/t14-,18+/m1/s1. The molecular weight excluding hydrogens is 274 g/mol. The van der Waals surface area contributed by atoms with Gasteiger partial charge < -0.3 is 5.11 Å². The topological polar surface area (TPSA) is 40.5 Å². The molecule has 3 heteroatoms. The van der Waals surface area contributed by atoms with E-state index in [-0.39, 0.29) is 6.04 Å². The van der Waals surface area contributed by atoms with Crippen LogP contribution in [-0.4, -0.2) is 28.6 Å². The Morgan fingerprint density at radius 3 is 2.45 bits per heavy atom. The predicted molar refractivity (Wildman–Crippen MR) is 87.0 cm³/mol. The molecule has 0 aromatic heterocycles. The fourth-order valence-electron chi connectivity index (χ4n) is 3.38. The van der Waals surface area contributed by atoms with Crippen LogP contribution in [0.25, 0.3) is 0 Å². The average molecular weight is 295 g/mol. The first-order valence-corrected chi connectivity index (χ1v) is 7.71. The number of carbonyl (C=O) groups is 1. The molecule has 0 saturated heterocycles. The van der Waals surface area contributed by atoms with Crippen molar-refractivity contribution in [1.29, 1.82) is 0 Å². The Labute approximate surface area is 131 Å². The maximum absolute atomic E-state index is 11.5. The molecule has 3 rings (SSSR count). The summed E-state index contributed by atoms with van der Waals surface area (Å²) in [5.74, 6) is -0.766. The molecule has 2 atom stereocenters. The largest absolute Gasteiger partial charge is 0.480 e. The van der Waals surface area contributed by atoms with Crippen LogP contribution in [0, 0.1) is 6.92 Å². The first-order chi connectivity index (χ1) is 10.6. The van der Waals surface area contributed by atoms with Gasteiger partial charge >= 0.3 is 5.97 Å². The Kier molecular flexibility index (Phi) is 3.99. The van der Waals surface area contributed by atoms with E-state index in [1.165, 1.54) is 22.3 Å². The second kappa shape index (κ2) is 5.93. The number of carboxylic acid groups (broad SMARTS) is 1. The number of rotatable bonds is 3. The molecular formula is C19H21NO2. The highest BCUT2D eigenvalue weighted by Gasteiger charge is 2.34. The minimum atomic E-state index is -0.766. The van der Waals surface area contributed by atoms with Gasteiger partial charge in [-0.3, -0.25) is 9.69 Å². The van der Waals surface area contributed by atoms with Crippen molar-refractivity contribution >= 4 is 5.97 Å². The molecule has 0 amide bonds. The van der Waals surface area contributed by atoms with Crippen molar-refractivity contribution in [2.75, 3.05) is 6.54 Å². The Morgan fingerprint density at radius 2 is 1.77 bits per heavy atom. The summed E-state index contributed by atoms with van der Waals surface area (Å²) in [6.45, 7) is 4.64. The molecule has 0 radical (unpaired) electrons. The molecule has 0 aliphatic carbocycles. The van der Waals surface area contributed by atoms with E-state index < -0.39 is 12.0 Å². The third-order valence-corrected chi connectivity index (χ3v) is 4.66. The highest BCUT2D eigenvalue weighted by molar-refractivity contribution is 5.73. The third-order valence-electron chi connectivity index (χ3n) is 4.66. The van der Waals surface area contributed by atoms with Gasteiger partial charge in [0.05, 0.1) is 6.04 Å². The van der Waals surface area contributed by atoms with Gasteiger partial charge in [-0.1, -0.05) is 48.5 Å². The summed E-state index contributed by atoms with van der Waals surface area (Å²) in [5.41, 5.74) is 4.95. The van der Waals surface area contributed by atoms with E-state index in [0.717, 1.165) is 13.0 Å². The monoisotopic (exact) mass is 295 g/mol. The Bertz CT molecular complexity index is 695. The van der Waals surface area contributed by atoms with E-state index in [1.54, 1.807) is 6.92 Å². The van der Waals surface area contributed by atoms with Crippen LogP contribution in [0.15, 0.2) is 48.5 Å². The second-order valence-electron chi connectivity index (χ2n) is 5.96. The van der Waals surface area contributed by atoms with Gasteiger partial charge in [0.25, 0.3) is 0 Å². The molecule has 2 aromatic rings. The normalized spacial score (nSPS) is 19.5. The highest BCUT2D eigenvalue weighted by atomic mass is 16.4. The van der Waals surface area contributed by atoms with Crippen molar-refractivity contribution in [3.05, 3.63) is 70.8 Å². The molecule has 1 aliphatic heterocycles. The van der Waals surface area contributed by atoms with E-state index in [1.807, 2.05) is 18.2 Å². The number of aliphatic carboxylic acids is 1. The SMILES string of the molecule is Cc1ccccc1[C@H]1c2ccccc2CCN1[C@H](C)C(=O)O. The number of nitrogens with zero attached hydrogens (tertiary/aromatic N) is 1. The summed E-state index contributed by atoms with van der Waals surface area (Å²) < 4.78 is 0. The molecule has 22 heavy (non-hydrogen) atoms. The summed E-state index contributed by atoms with van der Waals surface area (Å²) in [4.78, 5) is 13.6. The zero-order valence-corrected chi connectivity index (χ0v) is 13.0. The quantitative estimate of drug-likeness (QED) is 0.943. The summed E-state index contributed by atoms with van der Waals surface area (Å²) in [7, 11) is 0. The lowest BCUT2D eigenvalue weighted by Crippen LogP contribution is -2.45. The van der Waals surface area contributed by atoms with Crippen LogP contribution in [0.1, 0.15) is 35.2 Å². The number of benzene rings is 2. The van der Waals surface area contributed by atoms with Gasteiger partial charge in [0.1, 0.15) is 6.04 Å². The Morgan fingerprint density at radius 1 is 1.14 bits per heavy atom. The van der Waals surface area contributed by atoms with Crippen molar-refractivity contribution in [2.24, 2.45) is 0 Å². The van der Waals surface area contributed by atoms with Gasteiger partial charge in [-0.15, -0.1) is 0 Å². The van der Waals surface area contributed by atoms with Crippen LogP contribution in [0.2, 0.25) is 0 Å². The molecule has 1 N–H and O–H groups in total. The Balaban J connectivity index is 2.14. The molecule has 0 bridgehead atoms. The predicted octanol–water partition coefficient (Wildman–Crippen LogP) is 3.42. The van der Waals surface area contributed by atoms with Crippen LogP contribution in [0.4, 0.5) is 0 Å². The maximum Gasteiger partial charge on any atom is 0.320 e. The first-order valence-electron chi connectivity index (χ1n) is 7.71. The summed E-state index contributed by atoms with van der Waals surface area (Å²) >= 11 is 0. The van der Waals surface area contributed by atoms with Crippen molar-refractivity contribution < 1.29 is 9.90 Å². The van der Waals surface area contributed by atoms with Gasteiger partial charge in [-0.05, 0) is 42.5 Å². The van der Waals surface area contributed by atoms with Crippen LogP contribution in [0.3, 0.4) is 0 Å². The molecule has 0 unspecified atom stereocenters. The molecule has 1 heterocycles.